The minimum atomic E-state index is -1.16. The van der Waals surface area contributed by atoms with Gasteiger partial charge in [0.05, 0.1) is 0 Å². The molecule has 1 aromatic rings. The molecular formula is C11H13BFNO2. The third-order valence-electron chi connectivity index (χ3n) is 2.78. The van der Waals surface area contributed by atoms with Gasteiger partial charge in [0, 0.05) is 5.92 Å². The zero-order valence-electron chi connectivity index (χ0n) is 9.20. The fraction of sp³-hybridized carbons (Fsp3) is 0.364. The lowest BCUT2D eigenvalue weighted by Gasteiger charge is -2.20. The van der Waals surface area contributed by atoms with E-state index in [0.29, 0.717) is 11.0 Å². The first-order valence-electron chi connectivity index (χ1n) is 4.89. The number of carboxylic acids is 1. The van der Waals surface area contributed by atoms with Crippen LogP contribution in [0.1, 0.15) is 24.0 Å². The summed E-state index contributed by atoms with van der Waals surface area (Å²) < 4.78 is 13.6. The molecule has 3 N–H and O–H groups in total. The van der Waals surface area contributed by atoms with Crippen LogP contribution < -0.4 is 11.2 Å². The van der Waals surface area contributed by atoms with Gasteiger partial charge in [-0.05, 0) is 18.6 Å². The first-order valence-corrected chi connectivity index (χ1v) is 4.89. The molecule has 1 aromatic carbocycles. The van der Waals surface area contributed by atoms with Crippen molar-refractivity contribution in [2.24, 2.45) is 5.73 Å². The highest BCUT2D eigenvalue weighted by atomic mass is 19.1. The first kappa shape index (κ1) is 12.7. The number of halogens is 1. The quantitative estimate of drug-likeness (QED) is 0.728. The predicted octanol–water partition coefficient (Wildman–Crippen LogP) is 0.443. The van der Waals surface area contributed by atoms with Crippen LogP contribution >= 0.6 is 0 Å². The Balaban J connectivity index is 3.22. The van der Waals surface area contributed by atoms with Crippen LogP contribution in [0.4, 0.5) is 4.39 Å². The van der Waals surface area contributed by atoms with Crippen LogP contribution in [0.2, 0.25) is 0 Å². The van der Waals surface area contributed by atoms with Gasteiger partial charge in [-0.3, -0.25) is 4.79 Å². The van der Waals surface area contributed by atoms with Gasteiger partial charge >= 0.3 is 5.97 Å². The van der Waals surface area contributed by atoms with Gasteiger partial charge in [0.1, 0.15) is 19.7 Å². The summed E-state index contributed by atoms with van der Waals surface area (Å²) in [5.41, 5.74) is 6.72. The molecule has 1 rings (SSSR count). The largest absolute Gasteiger partial charge is 0.480 e. The number of benzene rings is 1. The average Bonchev–Trinajstić information content (AvgIpc) is 2.22. The predicted molar refractivity (Wildman–Crippen MR) is 60.6 cm³/mol. The Labute approximate surface area is 94.9 Å². The van der Waals surface area contributed by atoms with Gasteiger partial charge in [-0.1, -0.05) is 24.0 Å². The summed E-state index contributed by atoms with van der Waals surface area (Å²) in [4.78, 5) is 10.7. The number of aliphatic carboxylic acids is 1. The summed E-state index contributed by atoms with van der Waals surface area (Å²) in [6.45, 7) is 3.22. The van der Waals surface area contributed by atoms with E-state index in [1.54, 1.807) is 13.8 Å². The van der Waals surface area contributed by atoms with E-state index in [9.17, 15) is 9.18 Å². The normalized spacial score (nSPS) is 14.5. The van der Waals surface area contributed by atoms with Crippen molar-refractivity contribution < 1.29 is 14.3 Å². The maximum Gasteiger partial charge on any atom is 0.321 e. The van der Waals surface area contributed by atoms with Gasteiger partial charge in [0.25, 0.3) is 0 Å². The molecule has 0 bridgehead atoms. The van der Waals surface area contributed by atoms with Crippen LogP contribution in [-0.2, 0) is 4.79 Å². The molecule has 16 heavy (non-hydrogen) atoms. The molecule has 0 aromatic heterocycles. The molecule has 0 heterocycles. The Bertz CT molecular complexity index is 423. The van der Waals surface area contributed by atoms with Crippen LogP contribution in [0, 0.1) is 12.7 Å². The monoisotopic (exact) mass is 221 g/mol. The second-order valence-corrected chi connectivity index (χ2v) is 3.83. The van der Waals surface area contributed by atoms with Crippen LogP contribution in [0.15, 0.2) is 12.1 Å². The highest BCUT2D eigenvalue weighted by Crippen LogP contribution is 2.23. The number of hydrogen-bond donors (Lipinski definition) is 2. The van der Waals surface area contributed by atoms with Gasteiger partial charge < -0.3 is 10.8 Å². The van der Waals surface area contributed by atoms with Gasteiger partial charge in [0.15, 0.2) is 0 Å². The minimum absolute atomic E-state index is 0.273. The van der Waals surface area contributed by atoms with Crippen LogP contribution in [0.5, 0.6) is 0 Å². The van der Waals surface area contributed by atoms with Crippen molar-refractivity contribution in [2.75, 3.05) is 0 Å². The lowest BCUT2D eigenvalue weighted by molar-refractivity contribution is -0.139. The maximum absolute atomic E-state index is 13.6. The maximum atomic E-state index is 13.6. The molecular weight excluding hydrogens is 208 g/mol. The van der Waals surface area contributed by atoms with Crippen molar-refractivity contribution in [1.29, 1.82) is 0 Å². The van der Waals surface area contributed by atoms with Crippen molar-refractivity contribution in [2.45, 2.75) is 25.8 Å². The number of rotatable bonds is 3. The Hall–Kier alpha value is -1.36. The van der Waals surface area contributed by atoms with Gasteiger partial charge in [-0.25, -0.2) is 4.39 Å². The lowest BCUT2D eigenvalue weighted by Crippen LogP contribution is -2.36. The van der Waals surface area contributed by atoms with Crippen molar-refractivity contribution in [3.05, 3.63) is 29.1 Å². The second kappa shape index (κ2) is 4.66. The number of carbonyl (C=O) groups is 1. The van der Waals surface area contributed by atoms with E-state index in [4.69, 9.17) is 18.7 Å². The summed E-state index contributed by atoms with van der Waals surface area (Å²) in [6.07, 6.45) is 0. The Morgan fingerprint density at radius 3 is 2.62 bits per heavy atom. The molecule has 0 aliphatic rings. The zero-order valence-corrected chi connectivity index (χ0v) is 9.20. The third kappa shape index (κ3) is 2.24. The molecule has 84 valence electrons. The fourth-order valence-corrected chi connectivity index (χ4v) is 1.66. The molecule has 2 radical (unpaired) electrons. The summed E-state index contributed by atoms with van der Waals surface area (Å²) in [7, 11) is 5.65. The molecule has 0 amide bonds. The zero-order chi connectivity index (χ0) is 12.5. The molecule has 0 saturated carbocycles. The summed E-state index contributed by atoms with van der Waals surface area (Å²) in [6, 6.07) is 1.53. The SMILES string of the molecule is [B]c1ccc(F)c([C@@H](C)[C@H](N)C(=O)O)c1C. The number of hydrogen-bond acceptors (Lipinski definition) is 2. The summed E-state index contributed by atoms with van der Waals surface area (Å²) in [5, 5.41) is 8.79. The van der Waals surface area contributed by atoms with E-state index in [0.717, 1.165) is 0 Å². The molecule has 5 heteroatoms. The Morgan fingerprint density at radius 2 is 2.12 bits per heavy atom. The third-order valence-corrected chi connectivity index (χ3v) is 2.78. The highest BCUT2D eigenvalue weighted by molar-refractivity contribution is 6.33. The Kier molecular flexibility index (Phi) is 3.70. The molecule has 0 aliphatic carbocycles. The van der Waals surface area contributed by atoms with E-state index in [2.05, 4.69) is 0 Å². The fourth-order valence-electron chi connectivity index (χ4n) is 1.66. The van der Waals surface area contributed by atoms with E-state index in [-0.39, 0.29) is 5.56 Å². The number of carboxylic acid groups (broad SMARTS) is 1. The van der Waals surface area contributed by atoms with E-state index >= 15 is 0 Å². The van der Waals surface area contributed by atoms with Crippen LogP contribution in [0.25, 0.3) is 0 Å². The minimum Gasteiger partial charge on any atom is -0.480 e. The van der Waals surface area contributed by atoms with Crippen LogP contribution in [-0.4, -0.2) is 25.0 Å². The molecule has 0 fully saturated rings. The molecule has 2 atom stereocenters. The van der Waals surface area contributed by atoms with Crippen molar-refractivity contribution in [3.63, 3.8) is 0 Å². The topological polar surface area (TPSA) is 63.3 Å². The van der Waals surface area contributed by atoms with Crippen molar-refractivity contribution in [3.8, 4) is 0 Å². The van der Waals surface area contributed by atoms with E-state index < -0.39 is 23.7 Å². The molecule has 0 saturated heterocycles. The van der Waals surface area contributed by atoms with Gasteiger partial charge in [-0.15, -0.1) is 0 Å². The molecule has 0 aliphatic heterocycles. The second-order valence-electron chi connectivity index (χ2n) is 3.83. The molecule has 0 spiro atoms. The first-order chi connectivity index (χ1) is 7.36. The number of nitrogens with two attached hydrogens (primary N) is 1. The standard InChI is InChI=1S/C11H13BFNO2/c1-5-7(12)3-4-8(13)9(5)6(2)10(14)11(15)16/h3-4,6,10H,14H2,1-2H3,(H,15,16)/t6-,10+/m1/s1. The smallest absolute Gasteiger partial charge is 0.321 e. The van der Waals surface area contributed by atoms with Crippen molar-refractivity contribution in [1.82, 2.24) is 0 Å². The van der Waals surface area contributed by atoms with Crippen molar-refractivity contribution >= 4 is 19.3 Å². The van der Waals surface area contributed by atoms with E-state index in [1.165, 1.54) is 12.1 Å². The Morgan fingerprint density at radius 1 is 1.56 bits per heavy atom. The molecule has 3 nitrogen and oxygen atoms in total. The van der Waals surface area contributed by atoms with E-state index in [1.807, 2.05) is 0 Å². The average molecular weight is 221 g/mol. The summed E-state index contributed by atoms with van der Waals surface area (Å²) in [5.74, 6) is -2.26. The van der Waals surface area contributed by atoms with Crippen LogP contribution in [0.3, 0.4) is 0 Å². The summed E-state index contributed by atoms with van der Waals surface area (Å²) >= 11 is 0. The van der Waals surface area contributed by atoms with Gasteiger partial charge in [0.2, 0.25) is 0 Å². The lowest BCUT2D eigenvalue weighted by atomic mass is 9.82. The van der Waals surface area contributed by atoms with Gasteiger partial charge in [-0.2, -0.15) is 0 Å². The molecule has 0 unspecified atom stereocenters. The highest BCUT2D eigenvalue weighted by Gasteiger charge is 2.25.